The predicted octanol–water partition coefficient (Wildman–Crippen LogP) is 1.47. The molecule has 0 spiro atoms. The average molecular weight is 246 g/mol. The minimum Gasteiger partial charge on any atom is -0.338 e. The minimum absolute atomic E-state index is 0.286. The summed E-state index contributed by atoms with van der Waals surface area (Å²) in [6.07, 6.45) is 0. The monoisotopic (exact) mass is 246 g/mol. The van der Waals surface area contributed by atoms with Crippen LogP contribution in [0.5, 0.6) is 0 Å². The van der Waals surface area contributed by atoms with Gasteiger partial charge < -0.3 is 10.3 Å². The highest BCUT2D eigenvalue weighted by Gasteiger charge is 2.08. The standard InChI is InChI=1S/C13H18N4O/c1-10-4-3-5-11(6-10)8-17(2)9-12-15-13(7-14)18-16-12/h3-6H,7-9,14H2,1-2H3. The van der Waals surface area contributed by atoms with Crippen LogP contribution in [0.15, 0.2) is 28.8 Å². The third kappa shape index (κ3) is 3.38. The molecule has 0 fully saturated rings. The van der Waals surface area contributed by atoms with E-state index in [9.17, 15) is 0 Å². The molecule has 0 saturated heterocycles. The summed E-state index contributed by atoms with van der Waals surface area (Å²) in [7, 11) is 2.03. The molecule has 0 aliphatic heterocycles. The molecule has 0 unspecified atom stereocenters. The highest BCUT2D eigenvalue weighted by molar-refractivity contribution is 5.22. The van der Waals surface area contributed by atoms with Crippen LogP contribution in [0.3, 0.4) is 0 Å². The van der Waals surface area contributed by atoms with Crippen LogP contribution in [0, 0.1) is 6.92 Å². The van der Waals surface area contributed by atoms with Crippen LogP contribution in [0.1, 0.15) is 22.8 Å². The first kappa shape index (κ1) is 12.7. The van der Waals surface area contributed by atoms with Crippen LogP contribution < -0.4 is 5.73 Å². The van der Waals surface area contributed by atoms with Gasteiger partial charge in [0, 0.05) is 6.54 Å². The summed E-state index contributed by atoms with van der Waals surface area (Å²) >= 11 is 0. The number of rotatable bonds is 5. The first-order chi connectivity index (χ1) is 8.67. The maximum absolute atomic E-state index is 5.42. The molecule has 0 atom stereocenters. The van der Waals surface area contributed by atoms with E-state index in [1.165, 1.54) is 11.1 Å². The second-order valence-electron chi connectivity index (χ2n) is 4.47. The summed E-state index contributed by atoms with van der Waals surface area (Å²) in [5.41, 5.74) is 7.97. The maximum atomic E-state index is 5.42. The SMILES string of the molecule is Cc1cccc(CN(C)Cc2noc(CN)n2)c1. The Kier molecular flexibility index (Phi) is 4.07. The molecule has 1 aromatic heterocycles. The van der Waals surface area contributed by atoms with Crippen LogP contribution in [-0.4, -0.2) is 22.1 Å². The van der Waals surface area contributed by atoms with Gasteiger partial charge >= 0.3 is 0 Å². The van der Waals surface area contributed by atoms with Crippen LogP contribution in [0.2, 0.25) is 0 Å². The van der Waals surface area contributed by atoms with Crippen LogP contribution >= 0.6 is 0 Å². The Morgan fingerprint density at radius 2 is 2.17 bits per heavy atom. The molecule has 0 aliphatic carbocycles. The molecular weight excluding hydrogens is 228 g/mol. The number of hydrogen-bond donors (Lipinski definition) is 1. The van der Waals surface area contributed by atoms with E-state index in [1.807, 2.05) is 7.05 Å². The summed E-state index contributed by atoms with van der Waals surface area (Å²) < 4.78 is 4.97. The summed E-state index contributed by atoms with van der Waals surface area (Å²) in [5, 5.41) is 3.88. The lowest BCUT2D eigenvalue weighted by molar-refractivity contribution is 0.299. The molecule has 5 nitrogen and oxygen atoms in total. The van der Waals surface area contributed by atoms with Gasteiger partial charge in [-0.3, -0.25) is 4.90 Å². The molecule has 0 aliphatic rings. The van der Waals surface area contributed by atoms with Gasteiger partial charge in [0.1, 0.15) is 0 Å². The number of hydrogen-bond acceptors (Lipinski definition) is 5. The molecule has 2 rings (SSSR count). The third-order valence-electron chi connectivity index (χ3n) is 2.63. The van der Waals surface area contributed by atoms with Gasteiger partial charge in [0.15, 0.2) is 5.82 Å². The van der Waals surface area contributed by atoms with Crippen molar-refractivity contribution in [2.75, 3.05) is 7.05 Å². The number of benzene rings is 1. The fraction of sp³-hybridized carbons (Fsp3) is 0.385. The summed E-state index contributed by atoms with van der Waals surface area (Å²) in [6, 6.07) is 8.46. The summed E-state index contributed by atoms with van der Waals surface area (Å²) in [5.74, 6) is 1.15. The quantitative estimate of drug-likeness (QED) is 0.865. The Hall–Kier alpha value is -1.72. The van der Waals surface area contributed by atoms with Crippen molar-refractivity contribution in [2.24, 2.45) is 5.73 Å². The zero-order chi connectivity index (χ0) is 13.0. The van der Waals surface area contributed by atoms with Crippen molar-refractivity contribution in [3.05, 3.63) is 47.1 Å². The van der Waals surface area contributed by atoms with E-state index in [0.29, 0.717) is 18.3 Å². The molecule has 18 heavy (non-hydrogen) atoms. The zero-order valence-electron chi connectivity index (χ0n) is 10.8. The number of nitrogens with zero attached hydrogens (tertiary/aromatic N) is 3. The second kappa shape index (κ2) is 5.75. The van der Waals surface area contributed by atoms with Gasteiger partial charge in [-0.25, -0.2) is 0 Å². The molecule has 0 saturated carbocycles. The smallest absolute Gasteiger partial charge is 0.240 e. The van der Waals surface area contributed by atoms with Gasteiger partial charge in [-0.15, -0.1) is 0 Å². The topological polar surface area (TPSA) is 68.2 Å². The maximum Gasteiger partial charge on any atom is 0.240 e. The molecule has 0 bridgehead atoms. The van der Waals surface area contributed by atoms with Crippen molar-refractivity contribution in [1.29, 1.82) is 0 Å². The van der Waals surface area contributed by atoms with Gasteiger partial charge in [0.05, 0.1) is 13.1 Å². The molecule has 5 heteroatoms. The third-order valence-corrected chi connectivity index (χ3v) is 2.63. The van der Waals surface area contributed by atoms with E-state index in [2.05, 4.69) is 46.2 Å². The molecule has 2 aromatic rings. The Morgan fingerprint density at radius 1 is 1.33 bits per heavy atom. The van der Waals surface area contributed by atoms with Crippen molar-refractivity contribution in [3.8, 4) is 0 Å². The molecule has 1 aromatic carbocycles. The first-order valence-corrected chi connectivity index (χ1v) is 5.93. The highest BCUT2D eigenvalue weighted by atomic mass is 16.5. The minimum atomic E-state index is 0.286. The highest BCUT2D eigenvalue weighted by Crippen LogP contribution is 2.08. The Bertz CT molecular complexity index is 509. The number of aromatic nitrogens is 2. The van der Waals surface area contributed by atoms with Gasteiger partial charge in [-0.2, -0.15) is 4.98 Å². The van der Waals surface area contributed by atoms with E-state index in [1.54, 1.807) is 0 Å². The van der Waals surface area contributed by atoms with E-state index >= 15 is 0 Å². The van der Waals surface area contributed by atoms with Crippen molar-refractivity contribution in [2.45, 2.75) is 26.6 Å². The normalized spacial score (nSPS) is 11.1. The number of aryl methyl sites for hydroxylation is 1. The van der Waals surface area contributed by atoms with E-state index in [4.69, 9.17) is 10.3 Å². The lowest BCUT2D eigenvalue weighted by Crippen LogP contribution is -2.18. The predicted molar refractivity (Wildman–Crippen MR) is 68.5 cm³/mol. The van der Waals surface area contributed by atoms with E-state index < -0.39 is 0 Å². The lowest BCUT2D eigenvalue weighted by atomic mass is 10.1. The van der Waals surface area contributed by atoms with Gasteiger partial charge in [0.2, 0.25) is 5.89 Å². The molecule has 0 amide bonds. The fourth-order valence-electron chi connectivity index (χ4n) is 1.86. The second-order valence-corrected chi connectivity index (χ2v) is 4.47. The largest absolute Gasteiger partial charge is 0.338 e. The summed E-state index contributed by atoms with van der Waals surface area (Å²) in [4.78, 5) is 6.32. The van der Waals surface area contributed by atoms with Gasteiger partial charge in [0.25, 0.3) is 0 Å². The molecule has 2 N–H and O–H groups in total. The fourth-order valence-corrected chi connectivity index (χ4v) is 1.86. The van der Waals surface area contributed by atoms with E-state index in [-0.39, 0.29) is 6.54 Å². The van der Waals surface area contributed by atoms with Gasteiger partial charge in [-0.05, 0) is 19.5 Å². The van der Waals surface area contributed by atoms with E-state index in [0.717, 1.165) is 6.54 Å². The van der Waals surface area contributed by atoms with Crippen molar-refractivity contribution < 1.29 is 4.52 Å². The lowest BCUT2D eigenvalue weighted by Gasteiger charge is -2.14. The number of nitrogens with two attached hydrogens (primary N) is 1. The Balaban J connectivity index is 1.94. The Labute approximate surface area is 107 Å². The molecule has 96 valence electrons. The first-order valence-electron chi connectivity index (χ1n) is 5.93. The van der Waals surface area contributed by atoms with Crippen molar-refractivity contribution in [3.63, 3.8) is 0 Å². The average Bonchev–Trinajstić information content (AvgIpc) is 2.76. The van der Waals surface area contributed by atoms with Crippen LogP contribution in [0.25, 0.3) is 0 Å². The zero-order valence-corrected chi connectivity index (χ0v) is 10.8. The summed E-state index contributed by atoms with van der Waals surface area (Å²) in [6.45, 7) is 3.89. The van der Waals surface area contributed by atoms with Crippen LogP contribution in [0.4, 0.5) is 0 Å². The molecule has 1 heterocycles. The van der Waals surface area contributed by atoms with Crippen molar-refractivity contribution in [1.82, 2.24) is 15.0 Å². The Morgan fingerprint density at radius 3 is 2.83 bits per heavy atom. The van der Waals surface area contributed by atoms with Crippen LogP contribution in [-0.2, 0) is 19.6 Å². The van der Waals surface area contributed by atoms with Gasteiger partial charge in [-0.1, -0.05) is 35.0 Å². The molecular formula is C13H18N4O. The van der Waals surface area contributed by atoms with Crippen molar-refractivity contribution >= 4 is 0 Å². The molecule has 0 radical (unpaired) electrons.